The van der Waals surface area contributed by atoms with Crippen molar-refractivity contribution in [2.45, 2.75) is 32.4 Å². The molecule has 24 heavy (non-hydrogen) atoms. The minimum atomic E-state index is -4.41. The van der Waals surface area contributed by atoms with Gasteiger partial charge < -0.3 is 9.47 Å². The van der Waals surface area contributed by atoms with Gasteiger partial charge in [-0.15, -0.1) is 0 Å². The predicted octanol–water partition coefficient (Wildman–Crippen LogP) is 4.17. The molecular weight excluding hydrogens is 325 g/mol. The van der Waals surface area contributed by atoms with E-state index in [4.69, 9.17) is 4.74 Å². The van der Waals surface area contributed by atoms with Gasteiger partial charge in [0.05, 0.1) is 30.0 Å². The maximum absolute atomic E-state index is 12.7. The summed E-state index contributed by atoms with van der Waals surface area (Å²) < 4.78 is 47.9. The molecule has 2 rings (SSSR count). The lowest BCUT2D eigenvalue weighted by Gasteiger charge is -2.27. The molecule has 1 unspecified atom stereocenters. The molecule has 1 atom stereocenters. The van der Waals surface area contributed by atoms with Gasteiger partial charge in [0.25, 0.3) is 0 Å². The van der Waals surface area contributed by atoms with Crippen LogP contribution in [0.3, 0.4) is 0 Å². The minimum Gasteiger partial charge on any atom is -0.437 e. The summed E-state index contributed by atoms with van der Waals surface area (Å²) in [5.74, 6) is -0.292. The van der Waals surface area contributed by atoms with Gasteiger partial charge in [0.2, 0.25) is 0 Å². The van der Waals surface area contributed by atoms with Gasteiger partial charge in [-0.3, -0.25) is 5.43 Å². The van der Waals surface area contributed by atoms with Gasteiger partial charge in [-0.05, 0) is 31.0 Å². The summed E-state index contributed by atoms with van der Waals surface area (Å²) in [5, 5.41) is 4.15. The maximum atomic E-state index is 12.7. The van der Waals surface area contributed by atoms with Crippen molar-refractivity contribution in [3.8, 4) is 0 Å². The largest absolute Gasteiger partial charge is 0.513 e. The van der Waals surface area contributed by atoms with Crippen molar-refractivity contribution in [1.82, 2.24) is 5.43 Å². The van der Waals surface area contributed by atoms with Gasteiger partial charge in [-0.1, -0.05) is 19.1 Å². The Bertz CT molecular complexity index is 679. The number of hydrazone groups is 1. The smallest absolute Gasteiger partial charge is 0.437 e. The molecule has 0 spiro atoms. The number of methoxy groups -OCH3 is 1. The molecule has 1 heterocycles. The van der Waals surface area contributed by atoms with E-state index in [1.165, 1.54) is 19.2 Å². The topological polar surface area (TPSA) is 59.9 Å². The van der Waals surface area contributed by atoms with Crippen LogP contribution in [0.25, 0.3) is 0 Å². The molecule has 1 aliphatic heterocycles. The maximum Gasteiger partial charge on any atom is 0.513 e. The van der Waals surface area contributed by atoms with E-state index in [0.29, 0.717) is 23.4 Å². The van der Waals surface area contributed by atoms with Crippen LogP contribution < -0.4 is 5.43 Å². The predicted molar refractivity (Wildman–Crippen MR) is 81.2 cm³/mol. The first-order valence-electron chi connectivity index (χ1n) is 7.24. The first-order chi connectivity index (χ1) is 11.3. The van der Waals surface area contributed by atoms with Gasteiger partial charge >= 0.3 is 12.3 Å². The van der Waals surface area contributed by atoms with Crippen molar-refractivity contribution in [1.29, 1.82) is 0 Å². The van der Waals surface area contributed by atoms with Crippen molar-refractivity contribution < 1.29 is 27.4 Å². The Morgan fingerprint density at radius 3 is 2.42 bits per heavy atom. The normalized spacial score (nSPS) is 17.9. The van der Waals surface area contributed by atoms with Gasteiger partial charge in [0.15, 0.2) is 0 Å². The van der Waals surface area contributed by atoms with E-state index < -0.39 is 23.8 Å². The van der Waals surface area contributed by atoms with E-state index in [0.717, 1.165) is 12.1 Å². The Morgan fingerprint density at radius 2 is 1.92 bits per heavy atom. The molecule has 5 nitrogen and oxygen atoms in total. The number of halogens is 3. The van der Waals surface area contributed by atoms with Gasteiger partial charge in [-0.25, -0.2) is 4.79 Å². The SMILES string of the molecule is CCC1=C(OC(=O)OC)C(c2ccc(C(F)(F)F)cc2)C(C)=NN1. The highest BCUT2D eigenvalue weighted by molar-refractivity contribution is 5.92. The fourth-order valence-corrected chi connectivity index (χ4v) is 2.40. The number of alkyl halides is 3. The van der Waals surface area contributed by atoms with Gasteiger partial charge in [-0.2, -0.15) is 18.3 Å². The highest BCUT2D eigenvalue weighted by atomic mass is 19.4. The number of carbonyl (C=O) groups excluding carboxylic acids is 1. The second-order valence-corrected chi connectivity index (χ2v) is 5.17. The number of rotatable bonds is 3. The highest BCUT2D eigenvalue weighted by Crippen LogP contribution is 2.35. The molecule has 0 saturated carbocycles. The van der Waals surface area contributed by atoms with Crippen LogP contribution in [-0.2, 0) is 15.7 Å². The molecule has 1 aromatic rings. The van der Waals surface area contributed by atoms with E-state index in [2.05, 4.69) is 15.3 Å². The molecule has 0 saturated heterocycles. The number of hydrogen-bond acceptors (Lipinski definition) is 5. The molecule has 0 aliphatic carbocycles. The number of benzene rings is 1. The second-order valence-electron chi connectivity index (χ2n) is 5.17. The van der Waals surface area contributed by atoms with E-state index in [1.807, 2.05) is 6.92 Å². The number of ether oxygens (including phenoxy) is 2. The van der Waals surface area contributed by atoms with E-state index in [9.17, 15) is 18.0 Å². The van der Waals surface area contributed by atoms with Crippen LogP contribution in [0.2, 0.25) is 0 Å². The lowest BCUT2D eigenvalue weighted by atomic mass is 9.90. The Kier molecular flexibility index (Phi) is 5.16. The van der Waals surface area contributed by atoms with Crippen LogP contribution in [0, 0.1) is 0 Å². The first kappa shape index (κ1) is 17.8. The van der Waals surface area contributed by atoms with Gasteiger partial charge in [0, 0.05) is 0 Å². The molecule has 0 fully saturated rings. The lowest BCUT2D eigenvalue weighted by molar-refractivity contribution is -0.137. The number of allylic oxidation sites excluding steroid dienone is 2. The van der Waals surface area contributed by atoms with Crippen LogP contribution >= 0.6 is 0 Å². The number of hydrogen-bond donors (Lipinski definition) is 1. The van der Waals surface area contributed by atoms with Crippen molar-refractivity contribution >= 4 is 11.9 Å². The fourth-order valence-electron chi connectivity index (χ4n) is 2.40. The molecule has 0 bridgehead atoms. The molecule has 1 aliphatic rings. The molecule has 0 amide bonds. The zero-order chi connectivity index (χ0) is 17.9. The summed E-state index contributed by atoms with van der Waals surface area (Å²) in [6.07, 6.45) is -4.81. The number of carbonyl (C=O) groups is 1. The van der Waals surface area contributed by atoms with Crippen molar-refractivity contribution in [3.63, 3.8) is 0 Å². The van der Waals surface area contributed by atoms with Crippen molar-refractivity contribution in [2.75, 3.05) is 7.11 Å². The van der Waals surface area contributed by atoms with Crippen molar-refractivity contribution in [3.05, 3.63) is 46.8 Å². The summed E-state index contributed by atoms with van der Waals surface area (Å²) in [7, 11) is 1.18. The fraction of sp³-hybridized carbons (Fsp3) is 0.375. The van der Waals surface area contributed by atoms with E-state index in [1.54, 1.807) is 6.92 Å². The lowest BCUT2D eigenvalue weighted by Crippen LogP contribution is -2.28. The summed E-state index contributed by atoms with van der Waals surface area (Å²) in [6, 6.07) is 4.69. The summed E-state index contributed by atoms with van der Waals surface area (Å²) in [6.45, 7) is 3.53. The summed E-state index contributed by atoms with van der Waals surface area (Å²) >= 11 is 0. The quantitative estimate of drug-likeness (QED) is 0.838. The molecular formula is C16H17F3N2O3. The zero-order valence-electron chi connectivity index (χ0n) is 13.4. The van der Waals surface area contributed by atoms with Crippen LogP contribution in [0.1, 0.15) is 37.3 Å². The molecule has 0 aromatic heterocycles. The van der Waals surface area contributed by atoms with Crippen LogP contribution in [0.5, 0.6) is 0 Å². The average molecular weight is 342 g/mol. The standard InChI is InChI=1S/C16H17F3N2O3/c1-4-12-14(24-15(22)23-3)13(9(2)20-21-12)10-5-7-11(8-6-10)16(17,18)19/h5-8,13,21H,4H2,1-3H3. The Morgan fingerprint density at radius 1 is 1.29 bits per heavy atom. The molecule has 8 heteroatoms. The molecule has 1 aromatic carbocycles. The van der Waals surface area contributed by atoms with E-state index in [-0.39, 0.29) is 5.76 Å². The third-order valence-corrected chi connectivity index (χ3v) is 3.63. The monoisotopic (exact) mass is 342 g/mol. The molecule has 1 N–H and O–H groups in total. The second kappa shape index (κ2) is 6.94. The van der Waals surface area contributed by atoms with Gasteiger partial charge in [0.1, 0.15) is 5.76 Å². The zero-order valence-corrected chi connectivity index (χ0v) is 13.4. The number of nitrogens with one attached hydrogen (secondary N) is 1. The Labute approximate surface area is 137 Å². The Hall–Kier alpha value is -2.51. The summed E-state index contributed by atoms with van der Waals surface area (Å²) in [5.41, 5.74) is 3.71. The van der Waals surface area contributed by atoms with Crippen LogP contribution in [-0.4, -0.2) is 19.0 Å². The third kappa shape index (κ3) is 3.69. The molecule has 0 radical (unpaired) electrons. The average Bonchev–Trinajstić information content (AvgIpc) is 2.54. The van der Waals surface area contributed by atoms with E-state index >= 15 is 0 Å². The number of nitrogens with zero attached hydrogens (tertiary/aromatic N) is 1. The van der Waals surface area contributed by atoms with Crippen LogP contribution in [0.4, 0.5) is 18.0 Å². The van der Waals surface area contributed by atoms with Crippen LogP contribution in [0.15, 0.2) is 40.8 Å². The minimum absolute atomic E-state index is 0.275. The summed E-state index contributed by atoms with van der Waals surface area (Å²) in [4.78, 5) is 11.5. The molecule has 130 valence electrons. The highest BCUT2D eigenvalue weighted by Gasteiger charge is 2.33. The first-order valence-corrected chi connectivity index (χ1v) is 7.24. The van der Waals surface area contributed by atoms with Crippen molar-refractivity contribution in [2.24, 2.45) is 5.10 Å². The third-order valence-electron chi connectivity index (χ3n) is 3.63. The Balaban J connectivity index is 2.43.